The highest BCUT2D eigenvalue weighted by molar-refractivity contribution is 5.85. The Balaban J connectivity index is 0.00000220. The van der Waals surface area contributed by atoms with E-state index in [4.69, 9.17) is 5.73 Å². The SMILES string of the molecule is CCC1(C)CCCN(C(=O)CCc2ccccc2N)C1.Cl. The fourth-order valence-electron chi connectivity index (χ4n) is 2.98. The number of benzene rings is 1. The van der Waals surface area contributed by atoms with Gasteiger partial charge in [0, 0.05) is 25.2 Å². The number of carbonyl (C=O) groups excluding carboxylic acids is 1. The van der Waals surface area contributed by atoms with E-state index in [0.717, 1.165) is 43.6 Å². The Labute approximate surface area is 134 Å². The number of hydrogen-bond donors (Lipinski definition) is 1. The molecule has 1 saturated heterocycles. The number of piperidine rings is 1. The summed E-state index contributed by atoms with van der Waals surface area (Å²) in [6.07, 6.45) is 4.81. The molecule has 0 spiro atoms. The number of nitrogen functional groups attached to an aromatic ring is 1. The lowest BCUT2D eigenvalue weighted by Gasteiger charge is -2.40. The normalized spacial score (nSPS) is 21.7. The highest BCUT2D eigenvalue weighted by atomic mass is 35.5. The van der Waals surface area contributed by atoms with Crippen LogP contribution in [0.3, 0.4) is 0 Å². The van der Waals surface area contributed by atoms with Gasteiger partial charge in [0.15, 0.2) is 0 Å². The summed E-state index contributed by atoms with van der Waals surface area (Å²) >= 11 is 0. The first-order valence-corrected chi connectivity index (χ1v) is 7.65. The van der Waals surface area contributed by atoms with Crippen LogP contribution in [0.2, 0.25) is 0 Å². The van der Waals surface area contributed by atoms with Gasteiger partial charge < -0.3 is 10.6 Å². The summed E-state index contributed by atoms with van der Waals surface area (Å²) in [5.41, 5.74) is 8.10. The average Bonchev–Trinajstić information content (AvgIpc) is 2.46. The van der Waals surface area contributed by atoms with Crippen molar-refractivity contribution >= 4 is 24.0 Å². The van der Waals surface area contributed by atoms with Gasteiger partial charge in [-0.25, -0.2) is 0 Å². The molecular weight excluding hydrogens is 284 g/mol. The van der Waals surface area contributed by atoms with Gasteiger partial charge in [0.2, 0.25) is 5.91 Å². The summed E-state index contributed by atoms with van der Waals surface area (Å²) in [5, 5.41) is 0. The van der Waals surface area contributed by atoms with Gasteiger partial charge in [0.25, 0.3) is 0 Å². The van der Waals surface area contributed by atoms with Crippen molar-refractivity contribution in [2.75, 3.05) is 18.8 Å². The molecule has 1 aliphatic heterocycles. The summed E-state index contributed by atoms with van der Waals surface area (Å²) in [7, 11) is 0. The molecule has 1 unspecified atom stereocenters. The van der Waals surface area contributed by atoms with Crippen LogP contribution in [0.1, 0.15) is 45.1 Å². The lowest BCUT2D eigenvalue weighted by molar-refractivity contribution is -0.134. The second kappa shape index (κ2) is 7.69. The summed E-state index contributed by atoms with van der Waals surface area (Å²) < 4.78 is 0. The van der Waals surface area contributed by atoms with E-state index in [9.17, 15) is 4.79 Å². The number of halogens is 1. The molecule has 0 saturated carbocycles. The van der Waals surface area contributed by atoms with Crippen molar-refractivity contribution in [1.29, 1.82) is 0 Å². The van der Waals surface area contributed by atoms with E-state index < -0.39 is 0 Å². The van der Waals surface area contributed by atoms with E-state index >= 15 is 0 Å². The Morgan fingerprint density at radius 2 is 2.10 bits per heavy atom. The molecule has 1 heterocycles. The van der Waals surface area contributed by atoms with Gasteiger partial charge in [-0.2, -0.15) is 0 Å². The van der Waals surface area contributed by atoms with E-state index in [1.165, 1.54) is 6.42 Å². The number of carbonyl (C=O) groups is 1. The molecule has 21 heavy (non-hydrogen) atoms. The molecule has 1 amide bonds. The standard InChI is InChI=1S/C17H26N2O.ClH/c1-3-17(2)11-6-12-19(13-17)16(20)10-9-14-7-4-5-8-15(14)18;/h4-5,7-8H,3,6,9-13,18H2,1-2H3;1H. The molecular formula is C17H27ClN2O. The molecule has 2 N–H and O–H groups in total. The van der Waals surface area contributed by atoms with Gasteiger partial charge in [-0.15, -0.1) is 12.4 Å². The largest absolute Gasteiger partial charge is 0.399 e. The van der Waals surface area contributed by atoms with E-state index in [1.807, 2.05) is 29.2 Å². The lowest BCUT2D eigenvalue weighted by Crippen LogP contribution is -2.44. The Morgan fingerprint density at radius 3 is 2.76 bits per heavy atom. The first-order valence-electron chi connectivity index (χ1n) is 7.65. The molecule has 1 atom stereocenters. The van der Waals surface area contributed by atoms with Crippen molar-refractivity contribution in [3.05, 3.63) is 29.8 Å². The van der Waals surface area contributed by atoms with Crippen LogP contribution in [-0.2, 0) is 11.2 Å². The molecule has 0 aliphatic carbocycles. The zero-order valence-electron chi connectivity index (χ0n) is 13.1. The lowest BCUT2D eigenvalue weighted by atomic mass is 9.79. The van der Waals surface area contributed by atoms with E-state index in [1.54, 1.807) is 0 Å². The number of para-hydroxylation sites is 1. The third-order valence-electron chi connectivity index (χ3n) is 4.65. The molecule has 1 aromatic carbocycles. The van der Waals surface area contributed by atoms with E-state index in [0.29, 0.717) is 11.8 Å². The molecule has 0 radical (unpaired) electrons. The predicted octanol–water partition coefficient (Wildman–Crippen LogP) is 3.66. The van der Waals surface area contributed by atoms with Crippen LogP contribution in [0, 0.1) is 5.41 Å². The Kier molecular flexibility index (Phi) is 6.53. The zero-order chi connectivity index (χ0) is 14.6. The fourth-order valence-corrected chi connectivity index (χ4v) is 2.98. The van der Waals surface area contributed by atoms with Crippen LogP contribution in [0.5, 0.6) is 0 Å². The predicted molar refractivity (Wildman–Crippen MR) is 90.6 cm³/mol. The molecule has 2 rings (SSSR count). The fraction of sp³-hybridized carbons (Fsp3) is 0.588. The number of amides is 1. The number of nitrogens with zero attached hydrogens (tertiary/aromatic N) is 1. The van der Waals surface area contributed by atoms with Crippen molar-refractivity contribution in [3.63, 3.8) is 0 Å². The maximum Gasteiger partial charge on any atom is 0.222 e. The highest BCUT2D eigenvalue weighted by Crippen LogP contribution is 2.32. The van der Waals surface area contributed by atoms with Crippen LogP contribution in [0.4, 0.5) is 5.69 Å². The zero-order valence-corrected chi connectivity index (χ0v) is 13.9. The number of hydrogen-bond acceptors (Lipinski definition) is 2. The summed E-state index contributed by atoms with van der Waals surface area (Å²) in [6, 6.07) is 7.81. The molecule has 1 aliphatic rings. The number of aryl methyl sites for hydroxylation is 1. The first kappa shape index (κ1) is 17.8. The van der Waals surface area contributed by atoms with Crippen LogP contribution in [0.25, 0.3) is 0 Å². The smallest absolute Gasteiger partial charge is 0.222 e. The Morgan fingerprint density at radius 1 is 1.38 bits per heavy atom. The van der Waals surface area contributed by atoms with Gasteiger partial charge in [0.1, 0.15) is 0 Å². The molecule has 0 bridgehead atoms. The van der Waals surface area contributed by atoms with Gasteiger partial charge >= 0.3 is 0 Å². The summed E-state index contributed by atoms with van der Waals surface area (Å²) in [4.78, 5) is 14.4. The second-order valence-electron chi connectivity index (χ2n) is 6.28. The minimum Gasteiger partial charge on any atom is -0.399 e. The maximum absolute atomic E-state index is 12.4. The third kappa shape index (κ3) is 4.63. The first-order chi connectivity index (χ1) is 9.54. The number of anilines is 1. The van der Waals surface area contributed by atoms with Crippen molar-refractivity contribution in [3.8, 4) is 0 Å². The molecule has 118 valence electrons. The quantitative estimate of drug-likeness (QED) is 0.863. The van der Waals surface area contributed by atoms with Crippen LogP contribution >= 0.6 is 12.4 Å². The number of nitrogens with two attached hydrogens (primary N) is 1. The molecule has 1 aromatic rings. The van der Waals surface area contributed by atoms with Crippen molar-refractivity contribution in [1.82, 2.24) is 4.90 Å². The molecule has 0 aromatic heterocycles. The van der Waals surface area contributed by atoms with Crippen molar-refractivity contribution < 1.29 is 4.79 Å². The number of rotatable bonds is 4. The molecule has 3 nitrogen and oxygen atoms in total. The second-order valence-corrected chi connectivity index (χ2v) is 6.28. The van der Waals surface area contributed by atoms with Gasteiger partial charge in [-0.1, -0.05) is 32.0 Å². The summed E-state index contributed by atoms with van der Waals surface area (Å²) in [5.74, 6) is 0.271. The maximum atomic E-state index is 12.4. The third-order valence-corrected chi connectivity index (χ3v) is 4.65. The van der Waals surface area contributed by atoms with E-state index in [-0.39, 0.29) is 18.3 Å². The van der Waals surface area contributed by atoms with Gasteiger partial charge in [-0.05, 0) is 42.7 Å². The minimum atomic E-state index is 0. The molecule has 1 fully saturated rings. The molecule has 4 heteroatoms. The highest BCUT2D eigenvalue weighted by Gasteiger charge is 2.31. The average molecular weight is 311 g/mol. The van der Waals surface area contributed by atoms with Crippen LogP contribution in [0.15, 0.2) is 24.3 Å². The van der Waals surface area contributed by atoms with Gasteiger partial charge in [0.05, 0.1) is 0 Å². The van der Waals surface area contributed by atoms with Crippen LogP contribution < -0.4 is 5.73 Å². The van der Waals surface area contributed by atoms with Crippen molar-refractivity contribution in [2.45, 2.75) is 46.0 Å². The van der Waals surface area contributed by atoms with Crippen molar-refractivity contribution in [2.24, 2.45) is 5.41 Å². The monoisotopic (exact) mass is 310 g/mol. The summed E-state index contributed by atoms with van der Waals surface area (Å²) in [6.45, 7) is 6.34. The van der Waals surface area contributed by atoms with E-state index in [2.05, 4.69) is 13.8 Å². The Hall–Kier alpha value is -1.22. The van der Waals surface area contributed by atoms with Crippen LogP contribution in [-0.4, -0.2) is 23.9 Å². The van der Waals surface area contributed by atoms with Gasteiger partial charge in [-0.3, -0.25) is 4.79 Å². The topological polar surface area (TPSA) is 46.3 Å². The number of likely N-dealkylation sites (tertiary alicyclic amines) is 1. The minimum absolute atomic E-state index is 0. The Bertz CT molecular complexity index is 478.